The third-order valence-corrected chi connectivity index (χ3v) is 4.46. The Morgan fingerprint density at radius 3 is 1.86 bits per heavy atom. The molecule has 0 unspecified atom stereocenters. The lowest BCUT2D eigenvalue weighted by atomic mass is 10.1. The van der Waals surface area contributed by atoms with Crippen LogP contribution in [0.2, 0.25) is 0 Å². The second-order valence-electron chi connectivity index (χ2n) is 9.65. The Kier molecular flexibility index (Phi) is 9.01. The first-order chi connectivity index (χ1) is 12.8. The molecular weight excluding hydrogens is 360 g/mol. The van der Waals surface area contributed by atoms with E-state index in [1.807, 2.05) is 41.5 Å². The van der Waals surface area contributed by atoms with Gasteiger partial charge in [-0.3, -0.25) is 0 Å². The molecule has 8 heteroatoms. The number of alkyl carbamates (subject to hydrolysis) is 1. The summed E-state index contributed by atoms with van der Waals surface area (Å²) < 4.78 is 10.4. The van der Waals surface area contributed by atoms with E-state index in [9.17, 15) is 9.59 Å². The van der Waals surface area contributed by atoms with Gasteiger partial charge >= 0.3 is 12.2 Å². The maximum absolute atomic E-state index is 11.6. The molecule has 2 amide bonds. The summed E-state index contributed by atoms with van der Waals surface area (Å²) in [6.07, 6.45) is 4.20. The van der Waals surface area contributed by atoms with Crippen molar-refractivity contribution in [1.29, 1.82) is 0 Å². The predicted molar refractivity (Wildman–Crippen MR) is 110 cm³/mol. The first-order valence-electron chi connectivity index (χ1n) is 10.3. The fourth-order valence-corrected chi connectivity index (χ4v) is 3.04. The van der Waals surface area contributed by atoms with Crippen molar-refractivity contribution < 1.29 is 19.1 Å². The minimum absolute atomic E-state index is 0.0857. The summed E-state index contributed by atoms with van der Waals surface area (Å²) in [5.41, 5.74) is 10.7. The van der Waals surface area contributed by atoms with E-state index in [1.54, 1.807) is 4.90 Å². The van der Waals surface area contributed by atoms with Crippen molar-refractivity contribution in [1.82, 2.24) is 10.2 Å². The van der Waals surface area contributed by atoms with E-state index in [0.717, 1.165) is 45.2 Å². The van der Waals surface area contributed by atoms with Crippen molar-refractivity contribution in [2.45, 2.75) is 103 Å². The second kappa shape index (κ2) is 10.3. The standard InChI is InChI=1S/2C10H20N2O2/c1-10(2,3)14-9(13)12-6-4-8(11)5-7-12;1-10(2,3)14-9(13)12-8-6-4-5-7(8)11/h8H,4-7,11H2,1-3H3;7-8H,4-6,11H2,1-3H3,(H,12,13)/t;7-,8+/m.0/s1. The quantitative estimate of drug-likeness (QED) is 0.622. The summed E-state index contributed by atoms with van der Waals surface area (Å²) in [5, 5.41) is 2.80. The molecule has 164 valence electrons. The van der Waals surface area contributed by atoms with Crippen molar-refractivity contribution in [3.63, 3.8) is 0 Å². The zero-order valence-corrected chi connectivity index (χ0v) is 18.4. The smallest absolute Gasteiger partial charge is 0.410 e. The van der Waals surface area contributed by atoms with Gasteiger partial charge in [-0.2, -0.15) is 0 Å². The molecule has 8 nitrogen and oxygen atoms in total. The average Bonchev–Trinajstić information content (AvgIpc) is 2.90. The molecular formula is C20H40N4O4. The fourth-order valence-electron chi connectivity index (χ4n) is 3.04. The number of hydrogen-bond donors (Lipinski definition) is 3. The molecule has 0 spiro atoms. The normalized spacial score (nSPS) is 23.5. The van der Waals surface area contributed by atoms with Gasteiger partial charge in [0.1, 0.15) is 11.2 Å². The highest BCUT2D eigenvalue weighted by atomic mass is 16.6. The van der Waals surface area contributed by atoms with Crippen molar-refractivity contribution in [3.05, 3.63) is 0 Å². The van der Waals surface area contributed by atoms with Crippen molar-refractivity contribution in [2.75, 3.05) is 13.1 Å². The Morgan fingerprint density at radius 1 is 0.893 bits per heavy atom. The van der Waals surface area contributed by atoms with E-state index in [2.05, 4.69) is 5.32 Å². The van der Waals surface area contributed by atoms with Gasteiger partial charge in [-0.25, -0.2) is 9.59 Å². The summed E-state index contributed by atoms with van der Waals surface area (Å²) in [5.74, 6) is 0. The highest BCUT2D eigenvalue weighted by Gasteiger charge is 2.27. The minimum atomic E-state index is -0.438. The van der Waals surface area contributed by atoms with Crippen LogP contribution < -0.4 is 16.8 Å². The molecule has 1 saturated heterocycles. The lowest BCUT2D eigenvalue weighted by molar-refractivity contribution is 0.0206. The Bertz CT molecular complexity index is 505. The molecule has 0 aromatic heterocycles. The summed E-state index contributed by atoms with van der Waals surface area (Å²) in [4.78, 5) is 24.7. The van der Waals surface area contributed by atoms with Crippen LogP contribution in [0.15, 0.2) is 0 Å². The number of amides is 2. The second-order valence-corrected chi connectivity index (χ2v) is 9.65. The van der Waals surface area contributed by atoms with Gasteiger partial charge in [0, 0.05) is 31.2 Å². The van der Waals surface area contributed by atoms with Crippen molar-refractivity contribution in [3.8, 4) is 0 Å². The number of rotatable bonds is 1. The topological polar surface area (TPSA) is 120 Å². The summed E-state index contributed by atoms with van der Waals surface area (Å²) >= 11 is 0. The Hall–Kier alpha value is -1.54. The Balaban J connectivity index is 0.000000280. The first kappa shape index (κ1) is 24.5. The van der Waals surface area contributed by atoms with Crippen molar-refractivity contribution >= 4 is 12.2 Å². The van der Waals surface area contributed by atoms with E-state index in [1.165, 1.54) is 0 Å². The largest absolute Gasteiger partial charge is 0.444 e. The number of ether oxygens (including phenoxy) is 2. The summed E-state index contributed by atoms with van der Waals surface area (Å²) in [6, 6.07) is 0.418. The minimum Gasteiger partial charge on any atom is -0.444 e. The predicted octanol–water partition coefficient (Wildman–Crippen LogP) is 2.74. The number of hydrogen-bond acceptors (Lipinski definition) is 6. The molecule has 28 heavy (non-hydrogen) atoms. The number of piperidine rings is 1. The van der Waals surface area contributed by atoms with E-state index in [0.29, 0.717) is 0 Å². The van der Waals surface area contributed by atoms with E-state index >= 15 is 0 Å². The van der Waals surface area contributed by atoms with Crippen LogP contribution in [0.4, 0.5) is 9.59 Å². The molecule has 2 atom stereocenters. The Labute approximate surface area is 169 Å². The maximum Gasteiger partial charge on any atom is 0.410 e. The fraction of sp³-hybridized carbons (Fsp3) is 0.900. The van der Waals surface area contributed by atoms with Crippen LogP contribution in [0, 0.1) is 0 Å². The van der Waals surface area contributed by atoms with Gasteiger partial charge in [0.05, 0.1) is 0 Å². The molecule has 5 N–H and O–H groups in total. The highest BCUT2D eigenvalue weighted by Crippen LogP contribution is 2.18. The molecule has 0 bridgehead atoms. The lowest BCUT2D eigenvalue weighted by Crippen LogP contribution is -2.45. The van der Waals surface area contributed by atoms with Crippen LogP contribution in [0.25, 0.3) is 0 Å². The SMILES string of the molecule is CC(C)(C)OC(=O)N1CCC(N)CC1.CC(C)(C)OC(=O)N[C@@H]1CCC[C@@H]1N. The van der Waals surface area contributed by atoms with Crippen molar-refractivity contribution in [2.24, 2.45) is 11.5 Å². The highest BCUT2D eigenvalue weighted by molar-refractivity contribution is 5.68. The average molecular weight is 401 g/mol. The van der Waals surface area contributed by atoms with Gasteiger partial charge < -0.3 is 31.2 Å². The molecule has 0 aromatic rings. The molecule has 1 aliphatic carbocycles. The van der Waals surface area contributed by atoms with E-state index in [-0.39, 0.29) is 30.3 Å². The Morgan fingerprint density at radius 2 is 1.43 bits per heavy atom. The van der Waals surface area contributed by atoms with Crippen LogP contribution in [0.3, 0.4) is 0 Å². The first-order valence-corrected chi connectivity index (χ1v) is 10.3. The van der Waals surface area contributed by atoms with Gasteiger partial charge in [0.15, 0.2) is 0 Å². The third-order valence-electron chi connectivity index (χ3n) is 4.46. The van der Waals surface area contributed by atoms with Crippen LogP contribution in [-0.4, -0.2) is 59.5 Å². The monoisotopic (exact) mass is 400 g/mol. The van der Waals surface area contributed by atoms with Gasteiger partial charge in [0.2, 0.25) is 0 Å². The number of carbonyl (C=O) groups excluding carboxylic acids is 2. The summed E-state index contributed by atoms with van der Waals surface area (Å²) in [6.45, 7) is 12.6. The van der Waals surface area contributed by atoms with Crippen LogP contribution in [-0.2, 0) is 9.47 Å². The van der Waals surface area contributed by atoms with Crippen LogP contribution in [0.1, 0.15) is 73.6 Å². The number of carbonyl (C=O) groups is 2. The zero-order chi connectivity index (χ0) is 21.5. The van der Waals surface area contributed by atoms with Crippen LogP contribution in [0.5, 0.6) is 0 Å². The molecule has 0 radical (unpaired) electrons. The molecule has 2 fully saturated rings. The third kappa shape index (κ3) is 10.1. The lowest BCUT2D eigenvalue weighted by Gasteiger charge is -2.32. The van der Waals surface area contributed by atoms with Gasteiger partial charge in [-0.15, -0.1) is 0 Å². The van der Waals surface area contributed by atoms with Gasteiger partial charge in [-0.1, -0.05) is 0 Å². The number of likely N-dealkylation sites (tertiary alicyclic amines) is 1. The molecule has 2 rings (SSSR count). The molecule has 1 aliphatic heterocycles. The molecule has 1 heterocycles. The molecule has 2 aliphatic rings. The van der Waals surface area contributed by atoms with E-state index in [4.69, 9.17) is 20.9 Å². The maximum atomic E-state index is 11.6. The number of nitrogens with two attached hydrogens (primary N) is 2. The van der Waals surface area contributed by atoms with E-state index < -0.39 is 11.2 Å². The number of nitrogens with zero attached hydrogens (tertiary/aromatic N) is 1. The number of nitrogens with one attached hydrogen (secondary N) is 1. The zero-order valence-electron chi connectivity index (χ0n) is 18.4. The molecule has 0 aromatic carbocycles. The van der Waals surface area contributed by atoms with Gasteiger partial charge in [-0.05, 0) is 73.6 Å². The van der Waals surface area contributed by atoms with Gasteiger partial charge in [0.25, 0.3) is 0 Å². The van der Waals surface area contributed by atoms with Crippen LogP contribution >= 0.6 is 0 Å². The summed E-state index contributed by atoms with van der Waals surface area (Å²) in [7, 11) is 0. The molecule has 1 saturated carbocycles.